The van der Waals surface area contributed by atoms with Crippen LogP contribution in [0, 0.1) is 0 Å². The number of nitrogens with one attached hydrogen (secondary N) is 1. The lowest BCUT2D eigenvalue weighted by Crippen LogP contribution is -2.49. The fourth-order valence-electron chi connectivity index (χ4n) is 4.20. The van der Waals surface area contributed by atoms with Crippen LogP contribution in [0.3, 0.4) is 0 Å². The number of rotatable bonds is 9. The molecule has 1 saturated carbocycles. The number of carbonyl (C=O) groups is 1. The molecular weight excluding hydrogens is 414 g/mol. The van der Waals surface area contributed by atoms with E-state index in [1.807, 2.05) is 71.4 Å². The van der Waals surface area contributed by atoms with Crippen LogP contribution in [-0.2, 0) is 4.79 Å². The van der Waals surface area contributed by atoms with E-state index in [0.29, 0.717) is 19.1 Å². The third-order valence-corrected chi connectivity index (χ3v) is 6.24. The molecule has 2 heterocycles. The van der Waals surface area contributed by atoms with Gasteiger partial charge in [0.2, 0.25) is 5.91 Å². The summed E-state index contributed by atoms with van der Waals surface area (Å²) in [5.41, 5.74) is 2.03. The molecule has 0 unspecified atom stereocenters. The summed E-state index contributed by atoms with van der Waals surface area (Å²) in [6, 6.07) is 21.9. The number of benzene rings is 2. The van der Waals surface area contributed by atoms with Crippen molar-refractivity contribution in [1.29, 1.82) is 0 Å². The summed E-state index contributed by atoms with van der Waals surface area (Å²) in [5.74, 6) is 2.21. The van der Waals surface area contributed by atoms with Gasteiger partial charge in [0.05, 0.1) is 17.9 Å². The summed E-state index contributed by atoms with van der Waals surface area (Å²) < 4.78 is 7.67. The number of para-hydroxylation sites is 2. The van der Waals surface area contributed by atoms with Crippen LogP contribution >= 0.6 is 0 Å². The van der Waals surface area contributed by atoms with Crippen LogP contribution in [0.2, 0.25) is 0 Å². The van der Waals surface area contributed by atoms with Crippen LogP contribution in [0.1, 0.15) is 24.5 Å². The minimum atomic E-state index is 0.00953. The number of nitrogens with zero attached hydrogens (tertiary/aromatic N) is 4. The van der Waals surface area contributed by atoms with E-state index in [9.17, 15) is 4.79 Å². The van der Waals surface area contributed by atoms with E-state index in [1.54, 1.807) is 0 Å². The average Bonchev–Trinajstić information content (AvgIpc) is 3.62. The first kappa shape index (κ1) is 21.7. The summed E-state index contributed by atoms with van der Waals surface area (Å²) >= 11 is 0. The van der Waals surface area contributed by atoms with E-state index in [1.165, 1.54) is 12.8 Å². The molecule has 2 fully saturated rings. The normalized spacial score (nSPS) is 17.1. The topological polar surface area (TPSA) is 62.6 Å². The molecule has 5 rings (SSSR count). The van der Waals surface area contributed by atoms with Crippen molar-refractivity contribution in [3.05, 3.63) is 72.4 Å². The van der Waals surface area contributed by atoms with E-state index in [-0.39, 0.29) is 5.91 Å². The Kier molecular flexibility index (Phi) is 6.69. The molecule has 7 heteroatoms. The second-order valence-electron chi connectivity index (χ2n) is 8.80. The Morgan fingerprint density at radius 3 is 2.30 bits per heavy atom. The van der Waals surface area contributed by atoms with Crippen LogP contribution in [0.25, 0.3) is 5.69 Å². The molecule has 1 aromatic heterocycles. The van der Waals surface area contributed by atoms with Gasteiger partial charge in [0, 0.05) is 44.7 Å². The van der Waals surface area contributed by atoms with Gasteiger partial charge in [0.25, 0.3) is 0 Å². The number of anilines is 1. The van der Waals surface area contributed by atoms with E-state index in [0.717, 1.165) is 55.7 Å². The fraction of sp³-hybridized carbons (Fsp3) is 0.385. The summed E-state index contributed by atoms with van der Waals surface area (Å²) in [6.45, 7) is 5.62. The molecule has 0 spiro atoms. The Balaban J connectivity index is 1.10. The number of carbonyl (C=O) groups excluding carboxylic acids is 1. The van der Waals surface area contributed by atoms with E-state index in [2.05, 4.69) is 15.1 Å². The van der Waals surface area contributed by atoms with Gasteiger partial charge in [-0.15, -0.1) is 0 Å². The van der Waals surface area contributed by atoms with Crippen LogP contribution in [0.4, 0.5) is 5.82 Å². The van der Waals surface area contributed by atoms with Crippen molar-refractivity contribution >= 4 is 11.7 Å². The summed E-state index contributed by atoms with van der Waals surface area (Å²) in [6.07, 6.45) is 2.36. The second-order valence-corrected chi connectivity index (χ2v) is 8.80. The molecule has 7 nitrogen and oxygen atoms in total. The van der Waals surface area contributed by atoms with Crippen LogP contribution < -0.4 is 10.1 Å². The number of piperazine rings is 1. The zero-order chi connectivity index (χ0) is 22.5. The highest BCUT2D eigenvalue weighted by Crippen LogP contribution is 2.40. The van der Waals surface area contributed by atoms with Gasteiger partial charge >= 0.3 is 0 Å². The van der Waals surface area contributed by atoms with Crippen molar-refractivity contribution in [3.8, 4) is 11.4 Å². The molecule has 2 aromatic carbocycles. The predicted octanol–water partition coefficient (Wildman–Crippen LogP) is 3.38. The van der Waals surface area contributed by atoms with Gasteiger partial charge in [-0.2, -0.15) is 5.10 Å². The SMILES string of the molecule is O=C(CN1CCN(CCOc2ccccc2)CC1)Nc1cc(C2CC2)nn1-c1ccccc1. The van der Waals surface area contributed by atoms with Crippen LogP contribution in [-0.4, -0.2) is 71.4 Å². The van der Waals surface area contributed by atoms with Crippen molar-refractivity contribution in [2.24, 2.45) is 0 Å². The minimum absolute atomic E-state index is 0.00953. The molecular formula is C26H31N5O2. The first-order valence-corrected chi connectivity index (χ1v) is 11.8. The molecule has 1 aliphatic carbocycles. The number of amides is 1. The molecule has 1 N–H and O–H groups in total. The molecule has 33 heavy (non-hydrogen) atoms. The molecule has 1 amide bonds. The fourth-order valence-corrected chi connectivity index (χ4v) is 4.20. The predicted molar refractivity (Wildman–Crippen MR) is 129 cm³/mol. The van der Waals surface area contributed by atoms with Crippen molar-refractivity contribution in [1.82, 2.24) is 19.6 Å². The molecule has 3 aromatic rings. The molecule has 0 bridgehead atoms. The molecule has 0 atom stereocenters. The van der Waals surface area contributed by atoms with E-state index < -0.39 is 0 Å². The third kappa shape index (κ3) is 5.80. The summed E-state index contributed by atoms with van der Waals surface area (Å²) in [5, 5.41) is 7.88. The zero-order valence-electron chi connectivity index (χ0n) is 18.9. The summed E-state index contributed by atoms with van der Waals surface area (Å²) in [7, 11) is 0. The standard InChI is InChI=1S/C26H31N5O2/c32-26(20-30-15-13-29(14-16-30)17-18-33-23-9-5-2-6-10-23)27-25-19-24(21-11-12-21)28-31(25)22-7-3-1-4-8-22/h1-10,19,21H,11-18,20H2,(H,27,32). The highest BCUT2D eigenvalue weighted by Gasteiger charge is 2.28. The lowest BCUT2D eigenvalue weighted by Gasteiger charge is -2.34. The quantitative estimate of drug-likeness (QED) is 0.547. The van der Waals surface area contributed by atoms with Crippen molar-refractivity contribution in [2.45, 2.75) is 18.8 Å². The Bertz CT molecular complexity index is 1040. The van der Waals surface area contributed by atoms with Crippen molar-refractivity contribution in [2.75, 3.05) is 51.2 Å². The van der Waals surface area contributed by atoms with Gasteiger partial charge in [-0.3, -0.25) is 14.6 Å². The largest absolute Gasteiger partial charge is 0.492 e. The highest BCUT2D eigenvalue weighted by molar-refractivity contribution is 5.91. The van der Waals surface area contributed by atoms with Crippen molar-refractivity contribution < 1.29 is 9.53 Å². The molecule has 1 saturated heterocycles. The van der Waals surface area contributed by atoms with Crippen LogP contribution in [0.5, 0.6) is 5.75 Å². The maximum atomic E-state index is 12.8. The number of aromatic nitrogens is 2. The average molecular weight is 446 g/mol. The molecule has 0 radical (unpaired) electrons. The monoisotopic (exact) mass is 445 g/mol. The van der Waals surface area contributed by atoms with E-state index in [4.69, 9.17) is 9.84 Å². The summed E-state index contributed by atoms with van der Waals surface area (Å²) in [4.78, 5) is 17.5. The van der Waals surface area contributed by atoms with Gasteiger partial charge in [-0.1, -0.05) is 36.4 Å². The van der Waals surface area contributed by atoms with Gasteiger partial charge in [-0.05, 0) is 37.1 Å². The van der Waals surface area contributed by atoms with Gasteiger partial charge in [0.15, 0.2) is 0 Å². The first-order chi connectivity index (χ1) is 16.2. The third-order valence-electron chi connectivity index (χ3n) is 6.24. The Labute approximate surface area is 195 Å². The number of hydrogen-bond donors (Lipinski definition) is 1. The van der Waals surface area contributed by atoms with Gasteiger partial charge < -0.3 is 10.1 Å². The molecule has 172 valence electrons. The first-order valence-electron chi connectivity index (χ1n) is 11.8. The lowest BCUT2D eigenvalue weighted by molar-refractivity contribution is -0.117. The smallest absolute Gasteiger partial charge is 0.239 e. The minimum Gasteiger partial charge on any atom is -0.492 e. The van der Waals surface area contributed by atoms with Crippen LogP contribution in [0.15, 0.2) is 66.7 Å². The van der Waals surface area contributed by atoms with Gasteiger partial charge in [0.1, 0.15) is 18.2 Å². The zero-order valence-corrected chi connectivity index (χ0v) is 18.9. The van der Waals surface area contributed by atoms with Crippen molar-refractivity contribution in [3.63, 3.8) is 0 Å². The highest BCUT2D eigenvalue weighted by atomic mass is 16.5. The number of hydrogen-bond acceptors (Lipinski definition) is 5. The maximum Gasteiger partial charge on any atom is 0.239 e. The Morgan fingerprint density at radius 2 is 1.61 bits per heavy atom. The molecule has 2 aliphatic rings. The Hall–Kier alpha value is -3.16. The van der Waals surface area contributed by atoms with E-state index >= 15 is 0 Å². The Morgan fingerprint density at radius 1 is 0.939 bits per heavy atom. The maximum absolute atomic E-state index is 12.8. The lowest BCUT2D eigenvalue weighted by atomic mass is 10.3. The second kappa shape index (κ2) is 10.2. The van der Waals surface area contributed by atoms with Gasteiger partial charge in [-0.25, -0.2) is 4.68 Å². The number of ether oxygens (including phenoxy) is 1. The molecule has 1 aliphatic heterocycles.